The van der Waals surface area contributed by atoms with Gasteiger partial charge in [0, 0.05) is 32.2 Å². The average Bonchev–Trinajstić information content (AvgIpc) is 2.72. The summed E-state index contributed by atoms with van der Waals surface area (Å²) in [5.41, 5.74) is -3.48. The molecule has 1 aliphatic heterocycles. The van der Waals surface area contributed by atoms with Crippen LogP contribution in [0.1, 0.15) is 11.1 Å². The first-order chi connectivity index (χ1) is 14.7. The minimum absolute atomic E-state index is 0.143. The van der Waals surface area contributed by atoms with Crippen molar-refractivity contribution in [2.24, 2.45) is 0 Å². The molecule has 32 heavy (non-hydrogen) atoms. The summed E-state index contributed by atoms with van der Waals surface area (Å²) in [5, 5.41) is 11.3. The highest BCUT2D eigenvalue weighted by molar-refractivity contribution is 7.89. The summed E-state index contributed by atoms with van der Waals surface area (Å²) in [6, 6.07) is 5.68. The van der Waals surface area contributed by atoms with Crippen LogP contribution in [0.2, 0.25) is 0 Å². The third-order valence-corrected chi connectivity index (χ3v) is 6.85. The van der Waals surface area contributed by atoms with E-state index in [4.69, 9.17) is 0 Å². The molecule has 1 heterocycles. The Morgan fingerprint density at radius 1 is 0.875 bits per heavy atom. The van der Waals surface area contributed by atoms with Gasteiger partial charge in [-0.3, -0.25) is 10.1 Å². The lowest BCUT2D eigenvalue weighted by Crippen LogP contribution is -2.49. The quantitative estimate of drug-likeness (QED) is 0.371. The molecule has 1 fully saturated rings. The molecule has 0 aliphatic carbocycles. The van der Waals surface area contributed by atoms with Crippen molar-refractivity contribution in [1.29, 1.82) is 0 Å². The number of sulfonamides is 1. The largest absolute Gasteiger partial charge is 0.417 e. The molecule has 0 N–H and O–H groups in total. The van der Waals surface area contributed by atoms with E-state index in [0.717, 1.165) is 28.6 Å². The zero-order valence-corrected chi connectivity index (χ0v) is 16.8. The van der Waals surface area contributed by atoms with Crippen LogP contribution in [0.25, 0.3) is 0 Å². The highest BCUT2D eigenvalue weighted by atomic mass is 32.2. The third kappa shape index (κ3) is 4.65. The zero-order valence-electron chi connectivity index (χ0n) is 16.0. The number of halogens is 6. The first-order valence-electron chi connectivity index (χ1n) is 9.00. The zero-order chi connectivity index (χ0) is 23.9. The molecule has 0 saturated carbocycles. The van der Waals surface area contributed by atoms with Crippen LogP contribution in [0.4, 0.5) is 37.7 Å². The van der Waals surface area contributed by atoms with E-state index in [-0.39, 0.29) is 31.9 Å². The number of alkyl halides is 6. The van der Waals surface area contributed by atoms with Crippen LogP contribution in [0.3, 0.4) is 0 Å². The number of nitro groups is 1. The Morgan fingerprint density at radius 3 is 2.00 bits per heavy atom. The van der Waals surface area contributed by atoms with E-state index in [0.29, 0.717) is 18.2 Å². The Bertz CT molecular complexity index is 1130. The van der Waals surface area contributed by atoms with E-state index in [2.05, 4.69) is 0 Å². The molecule has 3 rings (SSSR count). The molecule has 0 radical (unpaired) electrons. The summed E-state index contributed by atoms with van der Waals surface area (Å²) in [6.07, 6.45) is -9.69. The van der Waals surface area contributed by atoms with Crippen molar-refractivity contribution in [2.45, 2.75) is 17.2 Å². The van der Waals surface area contributed by atoms with Crippen LogP contribution in [-0.4, -0.2) is 43.8 Å². The van der Waals surface area contributed by atoms with Gasteiger partial charge < -0.3 is 4.90 Å². The van der Waals surface area contributed by atoms with E-state index in [1.54, 1.807) is 0 Å². The molecular formula is C18H15F6N3O4S. The summed E-state index contributed by atoms with van der Waals surface area (Å²) in [7, 11) is -4.53. The Morgan fingerprint density at radius 2 is 1.47 bits per heavy atom. The highest BCUT2D eigenvalue weighted by Gasteiger charge is 2.40. The molecule has 0 amide bonds. The van der Waals surface area contributed by atoms with Gasteiger partial charge in [-0.15, -0.1) is 0 Å². The number of rotatable bonds is 4. The predicted molar refractivity (Wildman–Crippen MR) is 101 cm³/mol. The molecule has 1 aliphatic rings. The lowest BCUT2D eigenvalue weighted by molar-refractivity contribution is -0.384. The van der Waals surface area contributed by atoms with Crippen molar-refractivity contribution in [3.63, 3.8) is 0 Å². The summed E-state index contributed by atoms with van der Waals surface area (Å²) in [6.45, 7) is -0.960. The van der Waals surface area contributed by atoms with Gasteiger partial charge in [0.15, 0.2) is 0 Å². The number of hydrogen-bond acceptors (Lipinski definition) is 5. The Hall–Kier alpha value is -2.87. The van der Waals surface area contributed by atoms with Gasteiger partial charge in [-0.1, -0.05) is 12.1 Å². The van der Waals surface area contributed by atoms with E-state index in [9.17, 15) is 44.9 Å². The van der Waals surface area contributed by atoms with E-state index < -0.39 is 49.0 Å². The van der Waals surface area contributed by atoms with Gasteiger partial charge in [0.1, 0.15) is 5.69 Å². The van der Waals surface area contributed by atoms with Crippen LogP contribution in [-0.2, 0) is 22.4 Å². The highest BCUT2D eigenvalue weighted by Crippen LogP contribution is 2.38. The van der Waals surface area contributed by atoms with Crippen molar-refractivity contribution in [2.75, 3.05) is 31.1 Å². The van der Waals surface area contributed by atoms with Gasteiger partial charge in [0.2, 0.25) is 10.0 Å². The lowest BCUT2D eigenvalue weighted by atomic mass is 10.1. The molecule has 0 atom stereocenters. The number of hydrogen-bond donors (Lipinski definition) is 0. The second kappa shape index (κ2) is 8.24. The van der Waals surface area contributed by atoms with Crippen molar-refractivity contribution in [3.05, 3.63) is 63.7 Å². The van der Waals surface area contributed by atoms with Crippen molar-refractivity contribution in [3.8, 4) is 0 Å². The summed E-state index contributed by atoms with van der Waals surface area (Å²) < 4.78 is 105. The van der Waals surface area contributed by atoms with Gasteiger partial charge in [0.05, 0.1) is 20.9 Å². The number of nitrogens with zero attached hydrogens (tertiary/aromatic N) is 3. The fourth-order valence-corrected chi connectivity index (χ4v) is 4.98. The van der Waals surface area contributed by atoms with Crippen molar-refractivity contribution in [1.82, 2.24) is 4.31 Å². The Kier molecular flexibility index (Phi) is 6.12. The lowest BCUT2D eigenvalue weighted by Gasteiger charge is -2.35. The first kappa shape index (κ1) is 23.8. The van der Waals surface area contributed by atoms with Crippen LogP contribution in [0.5, 0.6) is 0 Å². The van der Waals surface area contributed by atoms with Gasteiger partial charge in [-0.25, -0.2) is 8.42 Å². The summed E-state index contributed by atoms with van der Waals surface area (Å²) >= 11 is 0. The molecule has 2 aromatic carbocycles. The first-order valence-corrected chi connectivity index (χ1v) is 10.4. The topological polar surface area (TPSA) is 83.8 Å². The Labute approximate surface area is 178 Å². The van der Waals surface area contributed by atoms with E-state index >= 15 is 0 Å². The maximum atomic E-state index is 13.2. The van der Waals surface area contributed by atoms with Crippen LogP contribution in [0, 0.1) is 10.1 Å². The van der Waals surface area contributed by atoms with Gasteiger partial charge in [-0.05, 0) is 24.3 Å². The van der Waals surface area contributed by atoms with Crippen LogP contribution in [0.15, 0.2) is 47.4 Å². The van der Waals surface area contributed by atoms with Crippen LogP contribution < -0.4 is 4.90 Å². The second-order valence-electron chi connectivity index (χ2n) is 6.84. The average molecular weight is 483 g/mol. The fourth-order valence-electron chi connectivity index (χ4n) is 3.35. The standard InChI is InChI=1S/C18H15F6N3O4S/c19-17(20,21)12-5-6-14(15(11-12)27(28)29)25-7-9-26(10-8-25)32(30,31)16-4-2-1-3-13(16)18(22,23)24/h1-6,11H,7-10H2. The molecule has 7 nitrogen and oxygen atoms in total. The predicted octanol–water partition coefficient (Wildman–Crippen LogP) is 4.14. The minimum Gasteiger partial charge on any atom is -0.363 e. The molecule has 0 aromatic heterocycles. The molecule has 2 aromatic rings. The molecule has 174 valence electrons. The molecule has 0 spiro atoms. The monoisotopic (exact) mass is 483 g/mol. The van der Waals surface area contributed by atoms with Crippen molar-refractivity contribution < 1.29 is 39.7 Å². The maximum Gasteiger partial charge on any atom is 0.417 e. The number of benzene rings is 2. The van der Waals surface area contributed by atoms with E-state index in [1.165, 1.54) is 4.90 Å². The second-order valence-corrected chi connectivity index (χ2v) is 8.75. The molecular weight excluding hydrogens is 468 g/mol. The van der Waals surface area contributed by atoms with Gasteiger partial charge >= 0.3 is 12.4 Å². The number of nitro benzene ring substituents is 1. The molecule has 0 unspecified atom stereocenters. The van der Waals surface area contributed by atoms with Gasteiger partial charge in [0.25, 0.3) is 5.69 Å². The number of piperazine rings is 1. The number of anilines is 1. The maximum absolute atomic E-state index is 13.2. The third-order valence-electron chi connectivity index (χ3n) is 4.89. The normalized spacial score (nSPS) is 16.2. The molecule has 0 bridgehead atoms. The Balaban J connectivity index is 1.85. The summed E-state index contributed by atoms with van der Waals surface area (Å²) in [5.74, 6) is 0. The van der Waals surface area contributed by atoms with E-state index in [1.807, 2.05) is 0 Å². The van der Waals surface area contributed by atoms with Gasteiger partial charge in [-0.2, -0.15) is 30.6 Å². The minimum atomic E-state index is -4.90. The van der Waals surface area contributed by atoms with Crippen LogP contribution >= 0.6 is 0 Å². The molecule has 1 saturated heterocycles. The fraction of sp³-hybridized carbons (Fsp3) is 0.333. The smallest absolute Gasteiger partial charge is 0.363 e. The summed E-state index contributed by atoms with van der Waals surface area (Å²) in [4.78, 5) is 10.7. The van der Waals surface area contributed by atoms with Crippen molar-refractivity contribution >= 4 is 21.4 Å². The molecule has 14 heteroatoms. The SMILES string of the molecule is O=[N+]([O-])c1cc(C(F)(F)F)ccc1N1CCN(S(=O)(=O)c2ccccc2C(F)(F)F)CC1.